The SMILES string of the molecule is CCOC(=O)c1sc2nc(C)n(COCC[Si](C)(C)C)c2c1N. The van der Waals surface area contributed by atoms with E-state index in [-0.39, 0.29) is 0 Å². The molecule has 0 bridgehead atoms. The van der Waals surface area contributed by atoms with Gasteiger partial charge in [0.05, 0.1) is 12.3 Å². The van der Waals surface area contributed by atoms with Crippen LogP contribution in [0.25, 0.3) is 10.3 Å². The molecule has 2 N–H and O–H groups in total. The summed E-state index contributed by atoms with van der Waals surface area (Å²) in [6.07, 6.45) is 0. The van der Waals surface area contributed by atoms with Crippen molar-refractivity contribution < 1.29 is 14.3 Å². The third kappa shape index (κ3) is 4.13. The Labute approximate surface area is 141 Å². The van der Waals surface area contributed by atoms with Gasteiger partial charge in [-0.1, -0.05) is 19.6 Å². The lowest BCUT2D eigenvalue weighted by molar-refractivity contribution is 0.0533. The fourth-order valence-electron chi connectivity index (χ4n) is 2.17. The molecule has 0 unspecified atom stereocenters. The molecule has 2 aromatic rings. The largest absolute Gasteiger partial charge is 0.462 e. The van der Waals surface area contributed by atoms with Crippen LogP contribution in [-0.2, 0) is 16.2 Å². The predicted octanol–water partition coefficient (Wildman–Crippen LogP) is 3.48. The number of nitrogens with zero attached hydrogens (tertiary/aromatic N) is 2. The van der Waals surface area contributed by atoms with Gasteiger partial charge in [-0.15, -0.1) is 11.3 Å². The van der Waals surface area contributed by atoms with Crippen molar-refractivity contribution in [2.45, 2.75) is 46.3 Å². The second kappa shape index (κ2) is 7.02. The summed E-state index contributed by atoms with van der Waals surface area (Å²) in [6.45, 7) is 12.1. The fraction of sp³-hybridized carbons (Fsp3) is 0.600. The molecule has 0 aliphatic rings. The number of rotatable bonds is 7. The highest BCUT2D eigenvalue weighted by atomic mass is 32.1. The minimum absolute atomic E-state index is 0.326. The van der Waals surface area contributed by atoms with Gasteiger partial charge in [-0.2, -0.15) is 0 Å². The molecule has 0 spiro atoms. The van der Waals surface area contributed by atoms with Gasteiger partial charge in [0, 0.05) is 14.7 Å². The lowest BCUT2D eigenvalue weighted by Gasteiger charge is -2.16. The summed E-state index contributed by atoms with van der Waals surface area (Å²) < 4.78 is 12.8. The third-order valence-corrected chi connectivity index (χ3v) is 6.28. The number of fused-ring (bicyclic) bond motifs is 1. The van der Waals surface area contributed by atoms with E-state index in [1.807, 2.05) is 11.5 Å². The molecule has 0 aromatic carbocycles. The maximum absolute atomic E-state index is 11.9. The first-order chi connectivity index (χ1) is 10.7. The monoisotopic (exact) mass is 355 g/mol. The highest BCUT2D eigenvalue weighted by Gasteiger charge is 2.22. The lowest BCUT2D eigenvalue weighted by Crippen LogP contribution is -2.22. The molecule has 2 heterocycles. The van der Waals surface area contributed by atoms with E-state index in [0.29, 0.717) is 23.9 Å². The second-order valence-electron chi connectivity index (χ2n) is 6.65. The second-order valence-corrected chi connectivity index (χ2v) is 13.3. The van der Waals surface area contributed by atoms with Crippen LogP contribution in [0.4, 0.5) is 5.69 Å². The van der Waals surface area contributed by atoms with Gasteiger partial charge in [0.25, 0.3) is 0 Å². The Hall–Kier alpha value is -1.38. The van der Waals surface area contributed by atoms with Gasteiger partial charge in [0.1, 0.15) is 27.8 Å². The zero-order chi connectivity index (χ0) is 17.2. The quantitative estimate of drug-likeness (QED) is 0.467. The van der Waals surface area contributed by atoms with Gasteiger partial charge in [0.2, 0.25) is 0 Å². The third-order valence-electron chi connectivity index (χ3n) is 3.50. The van der Waals surface area contributed by atoms with E-state index < -0.39 is 14.0 Å². The summed E-state index contributed by atoms with van der Waals surface area (Å²) in [6, 6.07) is 1.11. The van der Waals surface area contributed by atoms with E-state index in [0.717, 1.165) is 28.8 Å². The van der Waals surface area contributed by atoms with E-state index >= 15 is 0 Å². The zero-order valence-electron chi connectivity index (χ0n) is 14.4. The molecule has 2 rings (SSSR count). The van der Waals surface area contributed by atoms with E-state index in [2.05, 4.69) is 24.6 Å². The molecule has 23 heavy (non-hydrogen) atoms. The lowest BCUT2D eigenvalue weighted by atomic mass is 10.3. The van der Waals surface area contributed by atoms with Crippen molar-refractivity contribution in [1.29, 1.82) is 0 Å². The van der Waals surface area contributed by atoms with Crippen LogP contribution in [0.2, 0.25) is 25.7 Å². The van der Waals surface area contributed by atoms with Gasteiger partial charge in [-0.3, -0.25) is 0 Å². The Bertz CT molecular complexity index is 703. The van der Waals surface area contributed by atoms with Crippen LogP contribution < -0.4 is 5.73 Å². The first-order valence-corrected chi connectivity index (χ1v) is 12.3. The minimum atomic E-state index is -1.11. The number of carbonyl (C=O) groups is 1. The Morgan fingerprint density at radius 3 is 2.70 bits per heavy atom. The van der Waals surface area contributed by atoms with E-state index in [4.69, 9.17) is 15.2 Å². The van der Waals surface area contributed by atoms with E-state index in [1.165, 1.54) is 11.3 Å². The van der Waals surface area contributed by atoms with Crippen LogP contribution in [-0.4, -0.2) is 36.8 Å². The molecule has 2 aromatic heterocycles. The molecule has 0 aliphatic carbocycles. The van der Waals surface area contributed by atoms with Crippen molar-refractivity contribution in [2.75, 3.05) is 18.9 Å². The standard InChI is InChI=1S/C15H25N3O3SSi/c1-6-21-15(19)13-11(16)12-14(22-13)17-10(2)18(12)9-20-7-8-23(3,4)5/h6-9,16H2,1-5H3. The molecule has 0 fully saturated rings. The molecule has 0 saturated heterocycles. The Kier molecular flexibility index (Phi) is 5.48. The molecule has 0 atom stereocenters. The predicted molar refractivity (Wildman–Crippen MR) is 96.8 cm³/mol. The van der Waals surface area contributed by atoms with Gasteiger partial charge >= 0.3 is 5.97 Å². The zero-order valence-corrected chi connectivity index (χ0v) is 16.2. The Morgan fingerprint density at radius 1 is 1.39 bits per heavy atom. The molecule has 0 amide bonds. The molecular weight excluding hydrogens is 330 g/mol. The number of nitrogen functional groups attached to an aromatic ring is 1. The van der Waals surface area contributed by atoms with Crippen molar-refractivity contribution in [3.63, 3.8) is 0 Å². The summed E-state index contributed by atoms with van der Waals surface area (Å²) in [5.74, 6) is 0.443. The molecular formula is C15H25N3O3SSi. The van der Waals surface area contributed by atoms with Crippen molar-refractivity contribution in [3.05, 3.63) is 10.7 Å². The number of nitrogens with two attached hydrogens (primary N) is 1. The van der Waals surface area contributed by atoms with Gasteiger partial charge in [-0.25, -0.2) is 9.78 Å². The summed E-state index contributed by atoms with van der Waals surface area (Å²) in [7, 11) is -1.11. The summed E-state index contributed by atoms with van der Waals surface area (Å²) in [5, 5.41) is 0. The molecule has 128 valence electrons. The van der Waals surface area contributed by atoms with Crippen LogP contribution in [0.1, 0.15) is 22.4 Å². The van der Waals surface area contributed by atoms with Crippen LogP contribution >= 0.6 is 11.3 Å². The van der Waals surface area contributed by atoms with Crippen molar-refractivity contribution in [2.24, 2.45) is 0 Å². The number of aromatic nitrogens is 2. The number of thiophene rings is 1. The average molecular weight is 356 g/mol. The summed E-state index contributed by atoms with van der Waals surface area (Å²) in [4.78, 5) is 17.6. The van der Waals surface area contributed by atoms with E-state index in [1.54, 1.807) is 6.92 Å². The smallest absolute Gasteiger partial charge is 0.350 e. The van der Waals surface area contributed by atoms with Crippen molar-refractivity contribution >= 4 is 41.4 Å². The molecule has 8 heteroatoms. The van der Waals surface area contributed by atoms with Crippen molar-refractivity contribution in [1.82, 2.24) is 9.55 Å². The highest BCUT2D eigenvalue weighted by molar-refractivity contribution is 7.21. The maximum atomic E-state index is 11.9. The number of ether oxygens (including phenoxy) is 2. The maximum Gasteiger partial charge on any atom is 0.350 e. The Morgan fingerprint density at radius 2 is 2.09 bits per heavy atom. The Balaban J connectivity index is 2.19. The number of hydrogen-bond donors (Lipinski definition) is 1. The van der Waals surface area contributed by atoms with Gasteiger partial charge in [-0.05, 0) is 19.9 Å². The van der Waals surface area contributed by atoms with E-state index in [9.17, 15) is 4.79 Å². The number of carbonyl (C=O) groups excluding carboxylic acids is 1. The number of imidazole rings is 1. The first kappa shape index (κ1) is 18.0. The van der Waals surface area contributed by atoms with Crippen LogP contribution in [0.5, 0.6) is 0 Å². The van der Waals surface area contributed by atoms with Crippen LogP contribution in [0, 0.1) is 6.92 Å². The van der Waals surface area contributed by atoms with Gasteiger partial charge < -0.3 is 19.8 Å². The fourth-order valence-corrected chi connectivity index (χ4v) is 3.96. The minimum Gasteiger partial charge on any atom is -0.462 e. The molecule has 0 radical (unpaired) electrons. The highest BCUT2D eigenvalue weighted by Crippen LogP contribution is 2.34. The summed E-state index contributed by atoms with van der Waals surface area (Å²) in [5.41, 5.74) is 7.35. The number of esters is 1. The average Bonchev–Trinajstić information content (AvgIpc) is 2.91. The number of anilines is 1. The van der Waals surface area contributed by atoms with Crippen LogP contribution in [0.15, 0.2) is 0 Å². The topological polar surface area (TPSA) is 79.4 Å². The van der Waals surface area contributed by atoms with Gasteiger partial charge in [0.15, 0.2) is 0 Å². The number of hydrogen-bond acceptors (Lipinski definition) is 6. The molecule has 0 aliphatic heterocycles. The molecule has 6 nitrogen and oxygen atoms in total. The normalized spacial score (nSPS) is 12.0. The first-order valence-electron chi connectivity index (χ1n) is 7.74. The van der Waals surface area contributed by atoms with Crippen molar-refractivity contribution in [3.8, 4) is 0 Å². The number of aryl methyl sites for hydroxylation is 1. The molecule has 0 saturated carbocycles. The summed E-state index contributed by atoms with van der Waals surface area (Å²) >= 11 is 1.27. The van der Waals surface area contributed by atoms with Crippen LogP contribution in [0.3, 0.4) is 0 Å².